The molecule has 115 heavy (non-hydrogen) atoms. The van der Waals surface area contributed by atoms with Crippen LogP contribution in [0.3, 0.4) is 0 Å². The number of unbranched alkanes of at least 4 members (excludes halogenated alkanes) is 1. The number of para-hydroxylation sites is 1. The van der Waals surface area contributed by atoms with E-state index in [9.17, 15) is 58.2 Å². The summed E-state index contributed by atoms with van der Waals surface area (Å²) < 4.78 is 0. The molecule has 1 aliphatic heterocycles. The molecular formula is C77H102N22O16. The minimum atomic E-state index is -1.99. The quantitative estimate of drug-likeness (QED) is 0.0105. The van der Waals surface area contributed by atoms with Gasteiger partial charge in [0, 0.05) is 81.5 Å². The number of carboxylic acids is 1. The summed E-state index contributed by atoms with van der Waals surface area (Å²) in [6.07, 6.45) is 2.89. The highest BCUT2D eigenvalue weighted by Crippen LogP contribution is 2.24. The lowest BCUT2D eigenvalue weighted by Gasteiger charge is -2.31. The molecule has 4 aromatic carbocycles. The zero-order valence-corrected chi connectivity index (χ0v) is 64.1. The number of guanidine groups is 2. The van der Waals surface area contributed by atoms with Crippen LogP contribution in [-0.2, 0) is 99.2 Å². The highest BCUT2D eigenvalue weighted by Gasteiger charge is 2.45. The van der Waals surface area contributed by atoms with E-state index in [1.165, 1.54) is 31.6 Å². The molecule has 7 rings (SSSR count). The van der Waals surface area contributed by atoms with Gasteiger partial charge in [-0.1, -0.05) is 125 Å². The first-order valence-corrected chi connectivity index (χ1v) is 37.5. The molecule has 13 amide bonds. The van der Waals surface area contributed by atoms with E-state index < -0.39 is 187 Å². The van der Waals surface area contributed by atoms with E-state index in [1.807, 2.05) is 6.92 Å². The van der Waals surface area contributed by atoms with Crippen LogP contribution in [0.2, 0.25) is 0 Å². The monoisotopic (exact) mass is 1590 g/mol. The van der Waals surface area contributed by atoms with E-state index in [0.717, 1.165) is 4.90 Å². The van der Waals surface area contributed by atoms with Crippen LogP contribution < -0.4 is 86.3 Å². The number of aromatic amines is 2. The van der Waals surface area contributed by atoms with Crippen LogP contribution in [0, 0.1) is 16.7 Å². The van der Waals surface area contributed by atoms with Gasteiger partial charge in [-0.25, -0.2) is 4.98 Å². The number of carboxylic acid groups (broad SMARTS) is 1. The maximum atomic E-state index is 15.6. The number of fused-ring (bicyclic) bond motifs is 1. The first-order chi connectivity index (χ1) is 54.8. The fourth-order valence-corrected chi connectivity index (χ4v) is 12.9. The summed E-state index contributed by atoms with van der Waals surface area (Å²) in [4.78, 5) is 208. The summed E-state index contributed by atoms with van der Waals surface area (Å²) in [5.41, 5.74) is 19.7. The smallest absolute Gasteiger partial charge is 0.305 e. The predicted molar refractivity (Wildman–Crippen MR) is 419 cm³/mol. The third-order valence-electron chi connectivity index (χ3n) is 18.7. The largest absolute Gasteiger partial charge is 0.508 e. The van der Waals surface area contributed by atoms with Crippen LogP contribution in [0.25, 0.3) is 10.9 Å². The van der Waals surface area contributed by atoms with E-state index in [0.29, 0.717) is 46.0 Å². The number of phenolic OH excluding ortho intramolecular Hbond substituents is 1. The molecule has 1 fully saturated rings. The highest BCUT2D eigenvalue weighted by atomic mass is 16.4. The lowest BCUT2D eigenvalue weighted by Crippen LogP contribution is -2.61. The molecule has 0 saturated carbocycles. The number of amides is 13. The Kier molecular flexibility index (Phi) is 33.9. The average molecular weight is 1590 g/mol. The lowest BCUT2D eigenvalue weighted by molar-refractivity contribution is -0.143. The van der Waals surface area contributed by atoms with Gasteiger partial charge in [-0.3, -0.25) is 77.9 Å². The van der Waals surface area contributed by atoms with Crippen molar-refractivity contribution in [3.05, 3.63) is 156 Å². The van der Waals surface area contributed by atoms with Gasteiger partial charge in [-0.2, -0.15) is 0 Å². The maximum Gasteiger partial charge on any atom is 0.305 e. The first-order valence-electron chi connectivity index (χ1n) is 37.5. The Bertz CT molecular complexity index is 4390. The zero-order valence-electron chi connectivity index (χ0n) is 64.1. The number of phenols is 1. The Morgan fingerprint density at radius 2 is 1.07 bits per heavy atom. The fraction of sp³-hybridized carbons (Fsp3) is 0.416. The molecule has 0 radical (unpaired) electrons. The van der Waals surface area contributed by atoms with Crippen molar-refractivity contribution in [1.82, 2.24) is 89.0 Å². The van der Waals surface area contributed by atoms with Crippen molar-refractivity contribution >= 4 is 106 Å². The molecule has 0 spiro atoms. The molecule has 6 aromatic rings. The molecule has 2 aromatic heterocycles. The molecule has 0 unspecified atom stereocenters. The van der Waals surface area contributed by atoms with E-state index in [2.05, 4.69) is 84.1 Å². The number of nitrogens with one attached hydrogen (secondary N) is 17. The van der Waals surface area contributed by atoms with Gasteiger partial charge in [-0.05, 0) is 72.1 Å². The van der Waals surface area contributed by atoms with Crippen molar-refractivity contribution in [3.63, 3.8) is 0 Å². The SMILES string of the molecule is CCCC[C@H](NC(=O)[C@@H](NC(=O)[C@H](Cc1ccc(O)cc1)NC(C)=O)C(C)C)C(=O)NCC(=O)N[C@@H](Cc1c[nH]cn1)C(=O)N[C@H](Cc1ccccc1)C(=O)N1C[C@@H](NC(=N)N)C[C@H]1C(=O)N[C@@H](Cc1c[nH]c2ccccc12)C(=O)N[C@@H](CC(=O)O)C(=O)N[C@@H](CCCNC(=N)N)C(=O)N[C@@H](Cc1ccccc1)C(=O)NCC(N)=O. The second kappa shape index (κ2) is 44.0. The van der Waals surface area contributed by atoms with Gasteiger partial charge in [-0.15, -0.1) is 0 Å². The Balaban J connectivity index is 1.13. The Labute approximate surface area is 662 Å². The van der Waals surface area contributed by atoms with Gasteiger partial charge >= 0.3 is 5.97 Å². The number of carbonyl (C=O) groups is 14. The van der Waals surface area contributed by atoms with Crippen molar-refractivity contribution in [2.24, 2.45) is 23.1 Å². The number of nitrogens with two attached hydrogens (primary N) is 3. The van der Waals surface area contributed by atoms with E-state index in [1.54, 1.807) is 117 Å². The second-order valence-electron chi connectivity index (χ2n) is 28.2. The van der Waals surface area contributed by atoms with Crippen LogP contribution in [0.5, 0.6) is 5.75 Å². The minimum absolute atomic E-state index is 0.000896. The predicted octanol–water partition coefficient (Wildman–Crippen LogP) is -2.75. The molecule has 3 heterocycles. The van der Waals surface area contributed by atoms with Crippen molar-refractivity contribution in [1.29, 1.82) is 10.8 Å². The molecule has 38 heteroatoms. The number of rotatable bonds is 44. The average Bonchev–Trinajstić information content (AvgIpc) is 1.68. The van der Waals surface area contributed by atoms with Crippen LogP contribution in [0.1, 0.15) is 101 Å². The van der Waals surface area contributed by atoms with Crippen molar-refractivity contribution in [2.45, 2.75) is 171 Å². The van der Waals surface area contributed by atoms with Crippen LogP contribution >= 0.6 is 0 Å². The number of likely N-dealkylation sites (tertiary alicyclic amines) is 1. The van der Waals surface area contributed by atoms with E-state index >= 15 is 19.2 Å². The van der Waals surface area contributed by atoms with Crippen molar-refractivity contribution in [2.75, 3.05) is 26.2 Å². The standard InChI is InChI=1S/C77H102N22O16/c1-5-6-21-53(93-74(114)65(42(2)3)98-72(112)56(89-43(4)100)30-46-24-26-50(101)27-25-46)66(106)87-39-63(103)91-58(33-48-37-83-41-88-48)70(110)97-60(31-45-18-11-8-12-19-45)75(115)99-40-49(90-77(81)82)34-61(99)73(113)96-57(32-47-36-85-52-22-14-13-20-51(47)52)69(109)95-59(35-64(104)105)71(111)92-54(23-15-28-84-76(79)80)68(108)94-55(67(107)86-38-62(78)102)29-44-16-9-7-10-17-44/h7-14,16-20,22,24-27,36-37,41-42,49,53-61,65,85,101H,5-6,15,21,23,28-35,38-40H2,1-4H3,(H2,78,102)(H,83,88)(H,86,107)(H,87,106)(H,89,100)(H,91,103)(H,92,111)(H,93,114)(H,94,108)(H,95,109)(H,96,113)(H,97,110)(H,98,112)(H,104,105)(H4,79,80,84)(H4,81,82,90)/t49-,53-,54-,55-,56-,57-,58-,59-,60+,61-,65-/m0/s1. The van der Waals surface area contributed by atoms with Gasteiger partial charge in [0.1, 0.15) is 66.2 Å². The number of H-pyrrole nitrogens is 2. The topological polar surface area (TPSA) is 609 Å². The summed E-state index contributed by atoms with van der Waals surface area (Å²) in [6.45, 7) is 4.72. The van der Waals surface area contributed by atoms with Crippen LogP contribution in [-0.4, -0.2) is 217 Å². The molecule has 38 nitrogen and oxygen atoms in total. The third-order valence-corrected chi connectivity index (χ3v) is 18.7. The van der Waals surface area contributed by atoms with Gasteiger partial charge in [0.05, 0.1) is 31.5 Å². The van der Waals surface area contributed by atoms with Gasteiger partial charge < -0.3 is 111 Å². The number of aromatic nitrogens is 3. The molecule has 11 atom stereocenters. The van der Waals surface area contributed by atoms with Gasteiger partial charge in [0.25, 0.3) is 0 Å². The number of nitrogens with zero attached hydrogens (tertiary/aromatic N) is 2. The second-order valence-corrected chi connectivity index (χ2v) is 28.2. The number of hydrogen-bond donors (Lipinski definition) is 22. The molecule has 1 saturated heterocycles. The van der Waals surface area contributed by atoms with Crippen molar-refractivity contribution in [3.8, 4) is 5.75 Å². The Hall–Kier alpha value is -13.5. The maximum absolute atomic E-state index is 15.6. The highest BCUT2D eigenvalue weighted by molar-refractivity contribution is 6.01. The molecule has 0 bridgehead atoms. The number of aliphatic carboxylic acids is 1. The number of aromatic hydroxyl groups is 1. The summed E-state index contributed by atoms with van der Waals surface area (Å²) in [5, 5.41) is 70.4. The Morgan fingerprint density at radius 3 is 1.67 bits per heavy atom. The lowest BCUT2D eigenvalue weighted by atomic mass is 10.00. The number of hydrogen-bond acceptors (Lipinski definition) is 18. The Morgan fingerprint density at radius 1 is 0.548 bits per heavy atom. The minimum Gasteiger partial charge on any atom is -0.508 e. The summed E-state index contributed by atoms with van der Waals surface area (Å²) in [6, 6.07) is 13.9. The van der Waals surface area contributed by atoms with Crippen molar-refractivity contribution < 1.29 is 77.3 Å². The molecule has 0 aliphatic carbocycles. The fourth-order valence-electron chi connectivity index (χ4n) is 12.9. The van der Waals surface area contributed by atoms with Gasteiger partial charge in [0.15, 0.2) is 11.9 Å². The normalized spacial score (nSPS) is 15.3. The van der Waals surface area contributed by atoms with Crippen LogP contribution in [0.15, 0.2) is 128 Å². The molecular weight excluding hydrogens is 1490 g/mol. The van der Waals surface area contributed by atoms with E-state index in [4.69, 9.17) is 28.0 Å². The molecule has 1 aliphatic rings. The third kappa shape index (κ3) is 28.7. The van der Waals surface area contributed by atoms with Gasteiger partial charge in [0.2, 0.25) is 76.8 Å². The summed E-state index contributed by atoms with van der Waals surface area (Å²) in [5.74, 6) is -14.6. The number of primary amides is 1. The summed E-state index contributed by atoms with van der Waals surface area (Å²) in [7, 11) is 0. The number of benzene rings is 4. The molecule has 616 valence electrons. The first kappa shape index (κ1) is 88.8. The zero-order chi connectivity index (χ0) is 83.8. The number of imidazole rings is 1. The molecule has 25 N–H and O–H groups in total. The van der Waals surface area contributed by atoms with E-state index in [-0.39, 0.29) is 82.3 Å². The summed E-state index contributed by atoms with van der Waals surface area (Å²) >= 11 is 0. The number of carbonyl (C=O) groups excluding carboxylic acids is 13. The van der Waals surface area contributed by atoms with Crippen LogP contribution in [0.4, 0.5) is 0 Å².